The van der Waals surface area contributed by atoms with Crippen LogP contribution in [-0.4, -0.2) is 54.4 Å². The minimum Gasteiger partial charge on any atom is -0.378 e. The normalized spacial score (nSPS) is 16.8. The highest BCUT2D eigenvalue weighted by Crippen LogP contribution is 2.21. The number of likely N-dealkylation sites (N-methyl/N-ethyl adjacent to an activating group) is 1. The lowest BCUT2D eigenvalue weighted by molar-refractivity contribution is -0.132. The van der Waals surface area contributed by atoms with E-state index in [0.717, 1.165) is 16.8 Å². The van der Waals surface area contributed by atoms with E-state index in [4.69, 9.17) is 12.2 Å². The van der Waals surface area contributed by atoms with Gasteiger partial charge in [-0.15, -0.1) is 0 Å². The number of rotatable bonds is 4. The molecule has 1 aromatic rings. The van der Waals surface area contributed by atoms with Crippen molar-refractivity contribution >= 4 is 40.9 Å². The molecular weight excluding hydrogens is 322 g/mol. The molecule has 2 amide bonds. The van der Waals surface area contributed by atoms with E-state index in [1.807, 2.05) is 50.2 Å². The van der Waals surface area contributed by atoms with Crippen molar-refractivity contribution in [2.75, 3.05) is 32.6 Å². The molecule has 0 aromatic heterocycles. The number of carbonyl (C=O) groups is 2. The fraction of sp³-hybridized carbons (Fsp3) is 0.278. The van der Waals surface area contributed by atoms with E-state index < -0.39 is 0 Å². The van der Waals surface area contributed by atoms with Crippen molar-refractivity contribution < 1.29 is 9.59 Å². The third kappa shape index (κ3) is 3.54. The Hall–Kier alpha value is -2.47. The van der Waals surface area contributed by atoms with Gasteiger partial charge in [0.15, 0.2) is 5.11 Å². The van der Waals surface area contributed by atoms with Crippen molar-refractivity contribution in [3.8, 4) is 0 Å². The Kier molecular flexibility index (Phi) is 5.19. The molecule has 1 aliphatic heterocycles. The van der Waals surface area contributed by atoms with E-state index in [-0.39, 0.29) is 22.5 Å². The van der Waals surface area contributed by atoms with Crippen molar-refractivity contribution in [2.24, 2.45) is 0 Å². The molecule has 5 nitrogen and oxygen atoms in total. The van der Waals surface area contributed by atoms with Gasteiger partial charge in [-0.25, -0.2) is 0 Å². The Morgan fingerprint density at radius 1 is 1.21 bits per heavy atom. The molecule has 2 rings (SSSR count). The van der Waals surface area contributed by atoms with Crippen LogP contribution in [0.4, 0.5) is 5.69 Å². The first kappa shape index (κ1) is 17.9. The van der Waals surface area contributed by atoms with Crippen LogP contribution in [0.25, 0.3) is 6.08 Å². The van der Waals surface area contributed by atoms with Gasteiger partial charge in [0.05, 0.1) is 0 Å². The Balaban J connectivity index is 2.38. The first-order chi connectivity index (χ1) is 11.2. The molecule has 0 bridgehead atoms. The van der Waals surface area contributed by atoms with Crippen molar-refractivity contribution in [2.45, 2.75) is 6.92 Å². The summed E-state index contributed by atoms with van der Waals surface area (Å²) in [5, 5.41) is 0.202. The summed E-state index contributed by atoms with van der Waals surface area (Å²) >= 11 is 5.22. The maximum Gasteiger partial charge on any atom is 0.265 e. The van der Waals surface area contributed by atoms with Crippen LogP contribution in [0.1, 0.15) is 12.5 Å². The minimum atomic E-state index is -0.389. The summed E-state index contributed by atoms with van der Waals surface area (Å²) in [6.45, 7) is 5.93. The number of nitrogens with zero attached hydrogens (tertiary/aromatic N) is 3. The fourth-order valence-corrected chi connectivity index (χ4v) is 2.57. The molecule has 0 radical (unpaired) electrons. The van der Waals surface area contributed by atoms with E-state index in [0.29, 0.717) is 6.54 Å². The van der Waals surface area contributed by atoms with Crippen molar-refractivity contribution in [1.82, 2.24) is 9.80 Å². The molecular formula is C18H21N3O2S. The summed E-state index contributed by atoms with van der Waals surface area (Å²) in [6.07, 6.45) is 1.60. The number of thiocarbonyl (C=S) groups is 1. The Bertz CT molecular complexity index is 735. The molecule has 1 heterocycles. The predicted octanol–water partition coefficient (Wildman–Crippen LogP) is 2.30. The average molecular weight is 343 g/mol. The molecule has 1 aliphatic rings. The van der Waals surface area contributed by atoms with Crippen molar-refractivity contribution in [1.29, 1.82) is 0 Å². The number of anilines is 1. The van der Waals surface area contributed by atoms with Gasteiger partial charge in [-0.2, -0.15) is 0 Å². The zero-order chi connectivity index (χ0) is 18.0. The van der Waals surface area contributed by atoms with Crippen LogP contribution in [-0.2, 0) is 9.59 Å². The monoisotopic (exact) mass is 343 g/mol. The van der Waals surface area contributed by atoms with Crippen LogP contribution >= 0.6 is 12.2 Å². The lowest BCUT2D eigenvalue weighted by Crippen LogP contribution is -2.54. The Morgan fingerprint density at radius 3 is 2.29 bits per heavy atom. The van der Waals surface area contributed by atoms with E-state index in [9.17, 15) is 9.59 Å². The lowest BCUT2D eigenvalue weighted by Gasteiger charge is -2.34. The van der Waals surface area contributed by atoms with Crippen LogP contribution in [0, 0.1) is 0 Å². The highest BCUT2D eigenvalue weighted by Gasteiger charge is 2.37. The van der Waals surface area contributed by atoms with Crippen LogP contribution in [0.3, 0.4) is 0 Å². The quantitative estimate of drug-likeness (QED) is 0.364. The molecule has 24 heavy (non-hydrogen) atoms. The summed E-state index contributed by atoms with van der Waals surface area (Å²) in [7, 11) is 5.48. The summed E-state index contributed by atoms with van der Waals surface area (Å²) in [5.74, 6) is -0.776. The maximum absolute atomic E-state index is 12.7. The van der Waals surface area contributed by atoms with Gasteiger partial charge in [-0.1, -0.05) is 24.3 Å². The van der Waals surface area contributed by atoms with E-state index in [2.05, 4.69) is 6.58 Å². The second-order valence-corrected chi connectivity index (χ2v) is 6.40. The van der Waals surface area contributed by atoms with Crippen molar-refractivity contribution in [3.63, 3.8) is 0 Å². The molecule has 1 fully saturated rings. The van der Waals surface area contributed by atoms with E-state index in [1.165, 1.54) is 9.80 Å². The van der Waals surface area contributed by atoms with Crippen molar-refractivity contribution in [3.05, 3.63) is 47.6 Å². The second kappa shape index (κ2) is 6.97. The Morgan fingerprint density at radius 2 is 1.79 bits per heavy atom. The average Bonchev–Trinajstić information content (AvgIpc) is 2.54. The Labute approximate surface area is 147 Å². The molecule has 0 N–H and O–H groups in total. The van der Waals surface area contributed by atoms with Gasteiger partial charge < -0.3 is 4.90 Å². The molecule has 0 aliphatic carbocycles. The number of hydrogen-bond donors (Lipinski definition) is 0. The topological polar surface area (TPSA) is 43.9 Å². The van der Waals surface area contributed by atoms with Crippen LogP contribution in [0.5, 0.6) is 0 Å². The predicted molar refractivity (Wildman–Crippen MR) is 101 cm³/mol. The first-order valence-electron chi connectivity index (χ1n) is 7.49. The fourth-order valence-electron chi connectivity index (χ4n) is 2.34. The largest absolute Gasteiger partial charge is 0.378 e. The third-order valence-corrected chi connectivity index (χ3v) is 4.17. The number of carbonyl (C=O) groups excluding carboxylic acids is 2. The number of benzene rings is 1. The second-order valence-electron chi connectivity index (χ2n) is 6.04. The van der Waals surface area contributed by atoms with E-state index in [1.54, 1.807) is 13.1 Å². The zero-order valence-corrected chi connectivity index (χ0v) is 15.2. The van der Waals surface area contributed by atoms with Gasteiger partial charge in [0.25, 0.3) is 11.8 Å². The molecule has 0 saturated carbocycles. The van der Waals surface area contributed by atoms with Gasteiger partial charge in [-0.3, -0.25) is 19.4 Å². The summed E-state index contributed by atoms with van der Waals surface area (Å²) < 4.78 is 0. The summed E-state index contributed by atoms with van der Waals surface area (Å²) in [5.41, 5.74) is 2.72. The smallest absolute Gasteiger partial charge is 0.265 e. The molecule has 1 aromatic carbocycles. The molecule has 6 heteroatoms. The van der Waals surface area contributed by atoms with Crippen LogP contribution < -0.4 is 4.90 Å². The van der Waals surface area contributed by atoms with Gasteiger partial charge in [0.1, 0.15) is 5.57 Å². The van der Waals surface area contributed by atoms with Crippen LogP contribution in [0.15, 0.2) is 42.0 Å². The lowest BCUT2D eigenvalue weighted by atomic mass is 10.1. The molecule has 126 valence electrons. The molecule has 1 saturated heterocycles. The van der Waals surface area contributed by atoms with E-state index >= 15 is 0 Å². The summed E-state index contributed by atoms with van der Waals surface area (Å²) in [4.78, 5) is 29.8. The molecule has 0 atom stereocenters. The highest BCUT2D eigenvalue weighted by molar-refractivity contribution is 7.80. The standard InChI is InChI=1S/C18H21N3O2S/c1-12(2)11-21-17(23)15(16(22)20(5)18(21)24)10-13-6-8-14(9-7-13)19(3)4/h6-10H,1,11H2,2-5H3. The zero-order valence-electron chi connectivity index (χ0n) is 14.4. The number of hydrogen-bond acceptors (Lipinski definition) is 4. The highest BCUT2D eigenvalue weighted by atomic mass is 32.1. The molecule has 0 spiro atoms. The van der Waals surface area contributed by atoms with Gasteiger partial charge >= 0.3 is 0 Å². The number of amides is 2. The molecule has 0 unspecified atom stereocenters. The first-order valence-corrected chi connectivity index (χ1v) is 7.90. The third-order valence-electron chi connectivity index (χ3n) is 3.68. The van der Waals surface area contributed by atoms with Gasteiger partial charge in [0.2, 0.25) is 0 Å². The maximum atomic E-state index is 12.7. The minimum absolute atomic E-state index is 0.102. The van der Waals surface area contributed by atoms with Gasteiger partial charge in [0, 0.05) is 33.4 Å². The van der Waals surface area contributed by atoms with Gasteiger partial charge in [-0.05, 0) is 42.9 Å². The van der Waals surface area contributed by atoms with Crippen LogP contribution in [0.2, 0.25) is 0 Å². The summed E-state index contributed by atoms with van der Waals surface area (Å²) in [6, 6.07) is 7.62. The SMILES string of the molecule is C=C(C)CN1C(=O)C(=Cc2ccc(N(C)C)cc2)C(=O)N(C)C1=S.